The van der Waals surface area contributed by atoms with Gasteiger partial charge < -0.3 is 4.74 Å². The van der Waals surface area contributed by atoms with Crippen molar-refractivity contribution in [3.05, 3.63) is 79.2 Å². The maximum atomic E-state index is 6.08. The first-order valence-electron chi connectivity index (χ1n) is 8.41. The Kier molecular flexibility index (Phi) is 5.31. The molecule has 3 rings (SSSR count). The molecule has 1 heteroatoms. The molecule has 1 nitrogen and oxygen atoms in total. The van der Waals surface area contributed by atoms with Crippen molar-refractivity contribution in [2.75, 3.05) is 0 Å². The number of fused-ring (bicyclic) bond motifs is 1. The van der Waals surface area contributed by atoms with Gasteiger partial charge in [0.1, 0.15) is 11.5 Å². The van der Waals surface area contributed by atoms with E-state index >= 15 is 0 Å². The molecular weight excluding hydrogens is 280 g/mol. The van der Waals surface area contributed by atoms with E-state index in [-0.39, 0.29) is 0 Å². The van der Waals surface area contributed by atoms with E-state index < -0.39 is 0 Å². The van der Waals surface area contributed by atoms with E-state index in [2.05, 4.69) is 43.3 Å². The van der Waals surface area contributed by atoms with Gasteiger partial charge in [-0.1, -0.05) is 74.7 Å². The zero-order chi connectivity index (χ0) is 15.9. The summed E-state index contributed by atoms with van der Waals surface area (Å²) in [4.78, 5) is 0. The second kappa shape index (κ2) is 7.82. The van der Waals surface area contributed by atoms with Crippen LogP contribution in [0.15, 0.2) is 66.7 Å². The molecule has 117 valence electrons. The first-order chi connectivity index (χ1) is 11.4. The molecule has 23 heavy (non-hydrogen) atoms. The first kappa shape index (κ1) is 15.6. The summed E-state index contributed by atoms with van der Waals surface area (Å²) in [6, 6.07) is 22.8. The second-order valence-electron chi connectivity index (χ2n) is 5.85. The van der Waals surface area contributed by atoms with Crippen LogP contribution in [0.2, 0.25) is 0 Å². The van der Waals surface area contributed by atoms with Crippen LogP contribution in [0.3, 0.4) is 0 Å². The van der Waals surface area contributed by atoms with Crippen LogP contribution in [-0.4, -0.2) is 0 Å². The molecule has 1 radical (unpaired) electrons. The highest BCUT2D eigenvalue weighted by Crippen LogP contribution is 2.32. The van der Waals surface area contributed by atoms with Crippen LogP contribution in [-0.2, 0) is 6.42 Å². The molecule has 0 N–H and O–H groups in total. The minimum atomic E-state index is 0.876. The number of rotatable bonds is 7. The Labute approximate surface area is 138 Å². The predicted octanol–water partition coefficient (Wildman–Crippen LogP) is 6.57. The number of ether oxygens (including phenoxy) is 1. The maximum Gasteiger partial charge on any atom is 0.135 e. The second-order valence-corrected chi connectivity index (χ2v) is 5.85. The van der Waals surface area contributed by atoms with Crippen molar-refractivity contribution in [2.24, 2.45) is 0 Å². The van der Waals surface area contributed by atoms with E-state index in [4.69, 9.17) is 4.74 Å². The number of aryl methyl sites for hydroxylation is 1. The van der Waals surface area contributed by atoms with Crippen LogP contribution in [0.25, 0.3) is 10.8 Å². The number of benzene rings is 3. The Morgan fingerprint density at radius 1 is 0.696 bits per heavy atom. The molecule has 0 aliphatic carbocycles. The van der Waals surface area contributed by atoms with Crippen LogP contribution < -0.4 is 4.74 Å². The van der Waals surface area contributed by atoms with Gasteiger partial charge in [-0.3, -0.25) is 0 Å². The minimum Gasteiger partial charge on any atom is -0.457 e. The fraction of sp³-hybridized carbons (Fsp3) is 0.227. The highest BCUT2D eigenvalue weighted by atomic mass is 16.5. The molecule has 0 bridgehead atoms. The minimum absolute atomic E-state index is 0.876. The maximum absolute atomic E-state index is 6.08. The Hall–Kier alpha value is -2.28. The lowest BCUT2D eigenvalue weighted by Crippen LogP contribution is -1.91. The Morgan fingerprint density at radius 3 is 2.22 bits per heavy atom. The van der Waals surface area contributed by atoms with Crippen LogP contribution >= 0.6 is 0 Å². The van der Waals surface area contributed by atoms with Gasteiger partial charge in [-0.15, -0.1) is 0 Å². The topological polar surface area (TPSA) is 9.23 Å². The van der Waals surface area contributed by atoms with E-state index in [1.165, 1.54) is 35.6 Å². The zero-order valence-corrected chi connectivity index (χ0v) is 13.5. The van der Waals surface area contributed by atoms with Gasteiger partial charge in [-0.25, -0.2) is 0 Å². The third-order valence-electron chi connectivity index (χ3n) is 4.14. The number of hydrogen-bond donors (Lipinski definition) is 0. The molecule has 0 unspecified atom stereocenters. The Bertz CT molecular complexity index is 746. The van der Waals surface area contributed by atoms with Crippen molar-refractivity contribution in [2.45, 2.75) is 32.1 Å². The molecule has 0 fully saturated rings. The highest BCUT2D eigenvalue weighted by Gasteiger charge is 2.07. The van der Waals surface area contributed by atoms with Crippen molar-refractivity contribution in [3.8, 4) is 11.5 Å². The highest BCUT2D eigenvalue weighted by molar-refractivity contribution is 5.91. The molecule has 0 heterocycles. The lowest BCUT2D eigenvalue weighted by atomic mass is 9.99. The fourth-order valence-corrected chi connectivity index (χ4v) is 2.93. The molecule has 0 aromatic heterocycles. The Morgan fingerprint density at radius 2 is 1.43 bits per heavy atom. The van der Waals surface area contributed by atoms with Crippen molar-refractivity contribution < 1.29 is 4.74 Å². The molecule has 3 aromatic carbocycles. The van der Waals surface area contributed by atoms with E-state index in [1.54, 1.807) is 0 Å². The van der Waals surface area contributed by atoms with E-state index in [0.29, 0.717) is 0 Å². The summed E-state index contributed by atoms with van der Waals surface area (Å²) < 4.78 is 6.08. The van der Waals surface area contributed by atoms with Gasteiger partial charge in [0.2, 0.25) is 0 Å². The van der Waals surface area contributed by atoms with Crippen LogP contribution in [0.4, 0.5) is 0 Å². The third kappa shape index (κ3) is 3.92. The standard InChI is InChI=1S/C22H23O/c1-2-3-4-6-11-18-16-17-22(21-15-10-9-14-20(18)21)23-19-12-7-5-8-13-19/h5,7-10,12-17H,1-4,6,11H2. The largest absolute Gasteiger partial charge is 0.457 e. The van der Waals surface area contributed by atoms with Crippen LogP contribution in [0, 0.1) is 6.92 Å². The van der Waals surface area contributed by atoms with E-state index in [0.717, 1.165) is 24.3 Å². The molecule has 0 aliphatic heterocycles. The summed E-state index contributed by atoms with van der Waals surface area (Å²) in [7, 11) is 0. The molecule has 0 aliphatic rings. The summed E-state index contributed by atoms with van der Waals surface area (Å²) in [6.07, 6.45) is 5.84. The molecule has 0 spiro atoms. The summed E-state index contributed by atoms with van der Waals surface area (Å²) in [5.74, 6) is 1.80. The third-order valence-corrected chi connectivity index (χ3v) is 4.14. The molecular formula is C22H23O. The van der Waals surface area contributed by atoms with Gasteiger partial charge in [0.25, 0.3) is 0 Å². The zero-order valence-electron chi connectivity index (χ0n) is 13.5. The van der Waals surface area contributed by atoms with E-state index in [9.17, 15) is 0 Å². The summed E-state index contributed by atoms with van der Waals surface area (Å²) in [5, 5.41) is 2.49. The average molecular weight is 303 g/mol. The van der Waals surface area contributed by atoms with Gasteiger partial charge in [-0.05, 0) is 42.0 Å². The van der Waals surface area contributed by atoms with Crippen LogP contribution in [0.5, 0.6) is 11.5 Å². The van der Waals surface area contributed by atoms with Crippen molar-refractivity contribution >= 4 is 10.8 Å². The van der Waals surface area contributed by atoms with Gasteiger partial charge in [-0.2, -0.15) is 0 Å². The molecule has 0 saturated carbocycles. The quantitative estimate of drug-likeness (QED) is 0.448. The van der Waals surface area contributed by atoms with Crippen LogP contribution in [0.1, 0.15) is 31.2 Å². The summed E-state index contributed by atoms with van der Waals surface area (Å²) in [5.41, 5.74) is 1.41. The number of unbranched alkanes of at least 4 members (excludes halogenated alkanes) is 3. The van der Waals surface area contributed by atoms with Gasteiger partial charge in [0.05, 0.1) is 0 Å². The number of para-hydroxylation sites is 1. The smallest absolute Gasteiger partial charge is 0.135 e. The average Bonchev–Trinajstić information content (AvgIpc) is 2.61. The fourth-order valence-electron chi connectivity index (χ4n) is 2.93. The first-order valence-corrected chi connectivity index (χ1v) is 8.41. The molecule has 3 aromatic rings. The molecule has 0 atom stereocenters. The van der Waals surface area contributed by atoms with Gasteiger partial charge in [0, 0.05) is 5.39 Å². The predicted molar refractivity (Wildman–Crippen MR) is 98.0 cm³/mol. The van der Waals surface area contributed by atoms with Gasteiger partial charge in [0.15, 0.2) is 0 Å². The monoisotopic (exact) mass is 303 g/mol. The van der Waals surface area contributed by atoms with Crippen molar-refractivity contribution in [3.63, 3.8) is 0 Å². The Balaban J connectivity index is 1.86. The summed E-state index contributed by atoms with van der Waals surface area (Å²) in [6.45, 7) is 3.92. The number of hydrogen-bond acceptors (Lipinski definition) is 1. The normalized spacial score (nSPS) is 10.8. The lowest BCUT2D eigenvalue weighted by Gasteiger charge is -2.12. The molecule has 0 amide bonds. The van der Waals surface area contributed by atoms with E-state index in [1.807, 2.05) is 30.3 Å². The lowest BCUT2D eigenvalue weighted by molar-refractivity contribution is 0.488. The summed E-state index contributed by atoms with van der Waals surface area (Å²) >= 11 is 0. The van der Waals surface area contributed by atoms with Crippen molar-refractivity contribution in [1.82, 2.24) is 0 Å². The molecule has 0 saturated heterocycles. The SMILES string of the molecule is [CH2]CCCCCc1ccc(Oc2ccccc2)c2ccccc12. The van der Waals surface area contributed by atoms with Gasteiger partial charge >= 0.3 is 0 Å². The van der Waals surface area contributed by atoms with Crippen molar-refractivity contribution in [1.29, 1.82) is 0 Å².